The molecule has 0 saturated carbocycles. The Bertz CT molecular complexity index is 1730. The Kier molecular flexibility index (Phi) is 20.3. The number of carboxylic acid groups (broad SMARTS) is 1. The summed E-state index contributed by atoms with van der Waals surface area (Å²) in [4.78, 5) is 106. The van der Waals surface area contributed by atoms with Crippen molar-refractivity contribution in [3.8, 4) is 0 Å². The molecule has 6 atom stereocenters. The number of carboxylic acids is 1. The smallest absolute Gasteiger partial charge is 0.322 e. The summed E-state index contributed by atoms with van der Waals surface area (Å²) >= 11 is 0. The molecule has 0 saturated heterocycles. The van der Waals surface area contributed by atoms with Crippen LogP contribution in [-0.4, -0.2) is 107 Å². The van der Waals surface area contributed by atoms with E-state index in [0.717, 1.165) is 16.5 Å². The number of benzene rings is 1. The van der Waals surface area contributed by atoms with Gasteiger partial charge in [-0.25, -0.2) is 0 Å². The van der Waals surface area contributed by atoms with E-state index in [1.54, 1.807) is 6.20 Å². The quantitative estimate of drug-likeness (QED) is 0.0521. The van der Waals surface area contributed by atoms with Gasteiger partial charge in [0.1, 0.15) is 36.8 Å². The Labute approximate surface area is 338 Å². The van der Waals surface area contributed by atoms with E-state index >= 15 is 0 Å². The van der Waals surface area contributed by atoms with Gasteiger partial charge in [0.15, 0.2) is 0 Å². The molecule has 1 aromatic heterocycles. The van der Waals surface area contributed by atoms with Crippen LogP contribution in [0.25, 0.3) is 10.9 Å². The van der Waals surface area contributed by atoms with Crippen LogP contribution in [0.15, 0.2) is 30.5 Å². The van der Waals surface area contributed by atoms with E-state index in [0.29, 0.717) is 19.4 Å². The molecule has 7 amide bonds. The lowest BCUT2D eigenvalue weighted by Crippen LogP contribution is -2.59. The molecule has 322 valence electrons. The van der Waals surface area contributed by atoms with Crippen LogP contribution in [0.4, 0.5) is 0 Å². The molecule has 0 spiro atoms. The fraction of sp³-hybridized carbons (Fsp3) is 0.590. The first-order chi connectivity index (χ1) is 27.3. The molecule has 14 N–H and O–H groups in total. The highest BCUT2D eigenvalue weighted by atomic mass is 16.4. The zero-order valence-corrected chi connectivity index (χ0v) is 34.0. The lowest BCUT2D eigenvalue weighted by Gasteiger charge is -2.27. The monoisotopic (exact) mass is 814 g/mol. The van der Waals surface area contributed by atoms with Crippen LogP contribution in [0.1, 0.15) is 85.1 Å². The number of carbonyl (C=O) groups excluding carboxylic acids is 7. The standard InChI is InChI=1S/C39H62N10O9/c1-21(2)16-30(49-39(58)31(17-22(3)4)48-35(54)26(41)18-24-19-43-27-11-7-6-10-25(24)27)38(57)45-23(5)34(53)46-29(13-14-32(42)50)37(56)47-28(12-8-9-15-40)36(55)44-20-33(51)52/h6-7,10-11,19,21-23,26,28-31,43H,8-9,12-18,20,40-41H2,1-5H3,(H2,42,50)(H,44,55)(H,45,57)(H,46,53)(H,47,56)(H,48,54)(H,49,58)(H,51,52)/t23-,26-,28-,29-,30-,31-/m0/s1. The first-order valence-electron chi connectivity index (χ1n) is 19.6. The van der Waals surface area contributed by atoms with Gasteiger partial charge in [-0.1, -0.05) is 45.9 Å². The molecular formula is C39H62N10O9. The number of fused-ring (bicyclic) bond motifs is 1. The van der Waals surface area contributed by atoms with E-state index in [1.165, 1.54) is 6.92 Å². The zero-order valence-electron chi connectivity index (χ0n) is 34.0. The largest absolute Gasteiger partial charge is 0.480 e. The number of nitrogens with one attached hydrogen (secondary N) is 7. The van der Waals surface area contributed by atoms with Crippen LogP contribution in [0, 0.1) is 11.8 Å². The van der Waals surface area contributed by atoms with Crippen molar-refractivity contribution >= 4 is 58.2 Å². The molecular weight excluding hydrogens is 752 g/mol. The Morgan fingerprint density at radius 1 is 0.690 bits per heavy atom. The number of carbonyl (C=O) groups is 8. The molecule has 0 radical (unpaired) electrons. The SMILES string of the molecule is CC(C)C[C@H](NC(=O)[C@H](CC(C)C)NC(=O)[C@@H](N)Cc1c[nH]c2ccccc12)C(=O)N[C@@H](C)C(=O)N[C@@H](CCC(N)=O)C(=O)N[C@@H](CCCCN)C(=O)NCC(=O)O. The minimum absolute atomic E-state index is 0.0259. The van der Waals surface area contributed by atoms with Crippen LogP contribution in [0.2, 0.25) is 0 Å². The van der Waals surface area contributed by atoms with E-state index in [2.05, 4.69) is 36.9 Å². The van der Waals surface area contributed by atoms with Crippen LogP contribution >= 0.6 is 0 Å². The molecule has 1 aromatic carbocycles. The predicted molar refractivity (Wildman–Crippen MR) is 216 cm³/mol. The van der Waals surface area contributed by atoms with Crippen LogP contribution in [0.3, 0.4) is 0 Å². The van der Waals surface area contributed by atoms with Gasteiger partial charge in [-0.2, -0.15) is 0 Å². The number of nitrogens with two attached hydrogens (primary N) is 3. The van der Waals surface area contributed by atoms with Crippen LogP contribution in [0.5, 0.6) is 0 Å². The Morgan fingerprint density at radius 3 is 1.81 bits per heavy atom. The van der Waals surface area contributed by atoms with Crippen molar-refractivity contribution in [3.05, 3.63) is 36.0 Å². The number of primary amides is 1. The number of aromatic nitrogens is 1. The maximum atomic E-state index is 13.7. The van der Waals surface area contributed by atoms with Crippen LogP contribution in [-0.2, 0) is 44.8 Å². The summed E-state index contributed by atoms with van der Waals surface area (Å²) in [6.45, 7) is 8.42. The molecule has 58 heavy (non-hydrogen) atoms. The second-order valence-electron chi connectivity index (χ2n) is 15.3. The van der Waals surface area contributed by atoms with Crippen molar-refractivity contribution in [3.63, 3.8) is 0 Å². The van der Waals surface area contributed by atoms with Gasteiger partial charge in [0.25, 0.3) is 0 Å². The maximum absolute atomic E-state index is 13.7. The Balaban J connectivity index is 2.16. The summed E-state index contributed by atoms with van der Waals surface area (Å²) in [7, 11) is 0. The summed E-state index contributed by atoms with van der Waals surface area (Å²) in [6, 6.07) is 0.669. The highest BCUT2D eigenvalue weighted by Gasteiger charge is 2.32. The van der Waals surface area contributed by atoms with Gasteiger partial charge in [0, 0.05) is 23.5 Å². The molecule has 19 nitrogen and oxygen atoms in total. The first-order valence-corrected chi connectivity index (χ1v) is 19.6. The predicted octanol–water partition coefficient (Wildman–Crippen LogP) is -0.831. The highest BCUT2D eigenvalue weighted by molar-refractivity contribution is 5.97. The average Bonchev–Trinajstić information content (AvgIpc) is 3.56. The molecule has 0 fully saturated rings. The molecule has 0 aliphatic rings. The second-order valence-corrected chi connectivity index (χ2v) is 15.3. The average molecular weight is 815 g/mol. The summed E-state index contributed by atoms with van der Waals surface area (Å²) in [6.07, 6.45) is 2.91. The normalized spacial score (nSPS) is 14.4. The molecule has 1 heterocycles. The third-order valence-corrected chi connectivity index (χ3v) is 9.19. The molecule has 0 unspecified atom stereocenters. The topological polar surface area (TPSA) is 323 Å². The first kappa shape index (κ1) is 48.6. The van der Waals surface area contributed by atoms with Crippen molar-refractivity contribution in [2.24, 2.45) is 29.0 Å². The maximum Gasteiger partial charge on any atom is 0.322 e. The van der Waals surface area contributed by atoms with Crippen molar-refractivity contribution in [2.75, 3.05) is 13.1 Å². The van der Waals surface area contributed by atoms with E-state index in [-0.39, 0.29) is 50.4 Å². The zero-order chi connectivity index (χ0) is 43.5. The molecule has 19 heteroatoms. The minimum atomic E-state index is -1.38. The number of aliphatic carboxylic acids is 1. The van der Waals surface area contributed by atoms with E-state index < -0.39 is 90.1 Å². The molecule has 0 bridgehead atoms. The lowest BCUT2D eigenvalue weighted by atomic mass is 9.99. The van der Waals surface area contributed by atoms with Crippen molar-refractivity contribution in [1.29, 1.82) is 0 Å². The summed E-state index contributed by atoms with van der Waals surface area (Å²) in [5.41, 5.74) is 18.9. The summed E-state index contributed by atoms with van der Waals surface area (Å²) < 4.78 is 0. The van der Waals surface area contributed by atoms with E-state index in [4.69, 9.17) is 22.3 Å². The molecule has 2 aromatic rings. The number of para-hydroxylation sites is 1. The number of amides is 7. The highest BCUT2D eigenvalue weighted by Crippen LogP contribution is 2.19. The number of hydrogen-bond acceptors (Lipinski definition) is 10. The number of rotatable bonds is 26. The van der Waals surface area contributed by atoms with Crippen molar-refractivity contribution in [1.82, 2.24) is 36.9 Å². The number of H-pyrrole nitrogens is 1. The third kappa shape index (κ3) is 16.9. The molecule has 0 aliphatic carbocycles. The Morgan fingerprint density at radius 2 is 1.22 bits per heavy atom. The fourth-order valence-electron chi connectivity index (χ4n) is 6.14. The van der Waals surface area contributed by atoms with Crippen LogP contribution < -0.4 is 49.1 Å². The van der Waals surface area contributed by atoms with Gasteiger partial charge in [0.05, 0.1) is 6.04 Å². The van der Waals surface area contributed by atoms with Gasteiger partial charge in [0.2, 0.25) is 41.4 Å². The van der Waals surface area contributed by atoms with Gasteiger partial charge in [-0.3, -0.25) is 38.4 Å². The van der Waals surface area contributed by atoms with Crippen molar-refractivity contribution < 1.29 is 43.5 Å². The second kappa shape index (κ2) is 24.3. The van der Waals surface area contributed by atoms with Gasteiger partial charge >= 0.3 is 5.97 Å². The van der Waals surface area contributed by atoms with E-state index in [1.807, 2.05) is 52.0 Å². The van der Waals surface area contributed by atoms with Gasteiger partial charge in [-0.05, 0) is 81.9 Å². The van der Waals surface area contributed by atoms with Crippen molar-refractivity contribution in [2.45, 2.75) is 122 Å². The number of aromatic amines is 1. The number of hydrogen-bond donors (Lipinski definition) is 11. The summed E-state index contributed by atoms with van der Waals surface area (Å²) in [5.74, 6) is -6.47. The fourth-order valence-corrected chi connectivity index (χ4v) is 6.14. The molecule has 0 aliphatic heterocycles. The van der Waals surface area contributed by atoms with Gasteiger partial charge in [-0.15, -0.1) is 0 Å². The third-order valence-electron chi connectivity index (χ3n) is 9.19. The summed E-state index contributed by atoms with van der Waals surface area (Å²) in [5, 5.41) is 25.2. The lowest BCUT2D eigenvalue weighted by molar-refractivity contribution is -0.138. The minimum Gasteiger partial charge on any atom is -0.480 e. The Hall–Kier alpha value is -5.56. The van der Waals surface area contributed by atoms with Gasteiger partial charge < -0.3 is 59.2 Å². The number of unbranched alkanes of at least 4 members (excludes halogenated alkanes) is 1. The van der Waals surface area contributed by atoms with E-state index in [9.17, 15) is 38.4 Å². The molecule has 2 rings (SSSR count).